The molecule has 0 bridgehead atoms. The van der Waals surface area contributed by atoms with E-state index in [1.165, 1.54) is 11.1 Å². The predicted octanol–water partition coefficient (Wildman–Crippen LogP) is 2.28. The van der Waals surface area contributed by atoms with E-state index in [1.807, 2.05) is 23.1 Å². The summed E-state index contributed by atoms with van der Waals surface area (Å²) >= 11 is 0. The van der Waals surface area contributed by atoms with Crippen LogP contribution in [0.5, 0.6) is 5.75 Å². The van der Waals surface area contributed by atoms with E-state index in [0.29, 0.717) is 6.04 Å². The molecule has 0 radical (unpaired) electrons. The van der Waals surface area contributed by atoms with Crippen molar-refractivity contribution in [1.82, 2.24) is 10.2 Å². The topological polar surface area (TPSA) is 41.6 Å². The Balaban J connectivity index is 1.93. The van der Waals surface area contributed by atoms with Crippen LogP contribution in [0.25, 0.3) is 0 Å². The highest BCUT2D eigenvalue weighted by Gasteiger charge is 2.25. The molecule has 1 amide bonds. The van der Waals surface area contributed by atoms with E-state index in [1.54, 1.807) is 0 Å². The van der Waals surface area contributed by atoms with Crippen molar-refractivity contribution in [3.05, 3.63) is 29.3 Å². The van der Waals surface area contributed by atoms with Crippen LogP contribution in [0, 0.1) is 13.8 Å². The number of amides is 1. The summed E-state index contributed by atoms with van der Waals surface area (Å²) in [6.45, 7) is 9.05. The van der Waals surface area contributed by atoms with Gasteiger partial charge in [0, 0.05) is 19.1 Å². The molecule has 1 aliphatic heterocycles. The molecular weight excluding hydrogens is 264 g/mol. The molecule has 2 rings (SSSR count). The van der Waals surface area contributed by atoms with Gasteiger partial charge in [0.05, 0.1) is 0 Å². The van der Waals surface area contributed by atoms with Crippen LogP contribution in [0.1, 0.15) is 30.9 Å². The molecule has 21 heavy (non-hydrogen) atoms. The molecule has 1 saturated heterocycles. The van der Waals surface area contributed by atoms with Gasteiger partial charge < -0.3 is 15.0 Å². The Morgan fingerprint density at radius 2 is 2.19 bits per heavy atom. The van der Waals surface area contributed by atoms with Crippen molar-refractivity contribution in [1.29, 1.82) is 0 Å². The Kier molecular flexibility index (Phi) is 5.62. The SMILES string of the molecule is CCCN(C(=O)COc1ccc(C)c(C)c1)C1CCNC1. The van der Waals surface area contributed by atoms with Crippen LogP contribution in [0.4, 0.5) is 0 Å². The van der Waals surface area contributed by atoms with Gasteiger partial charge in [-0.25, -0.2) is 0 Å². The highest BCUT2D eigenvalue weighted by Crippen LogP contribution is 2.17. The molecule has 1 unspecified atom stereocenters. The maximum Gasteiger partial charge on any atom is 0.260 e. The number of hydrogen-bond acceptors (Lipinski definition) is 3. The van der Waals surface area contributed by atoms with Crippen molar-refractivity contribution in [2.75, 3.05) is 26.2 Å². The van der Waals surface area contributed by atoms with Crippen LogP contribution in [0.2, 0.25) is 0 Å². The van der Waals surface area contributed by atoms with Gasteiger partial charge in [0.1, 0.15) is 5.75 Å². The van der Waals surface area contributed by atoms with Gasteiger partial charge in [-0.2, -0.15) is 0 Å². The summed E-state index contributed by atoms with van der Waals surface area (Å²) in [5.74, 6) is 0.858. The third-order valence-corrected chi connectivity index (χ3v) is 4.10. The van der Waals surface area contributed by atoms with E-state index in [9.17, 15) is 4.79 Å². The molecule has 1 fully saturated rings. The quantitative estimate of drug-likeness (QED) is 0.874. The van der Waals surface area contributed by atoms with Crippen LogP contribution in [0.3, 0.4) is 0 Å². The van der Waals surface area contributed by atoms with Crippen molar-refractivity contribution in [2.45, 2.75) is 39.7 Å². The Morgan fingerprint density at radius 1 is 1.38 bits per heavy atom. The molecule has 0 spiro atoms. The third-order valence-electron chi connectivity index (χ3n) is 4.10. The standard InChI is InChI=1S/C17H26N2O2/c1-4-9-19(15-7-8-18-11-15)17(20)12-21-16-6-5-13(2)14(3)10-16/h5-6,10,15,18H,4,7-9,11-12H2,1-3H3. The van der Waals surface area contributed by atoms with E-state index >= 15 is 0 Å². The molecule has 4 heteroatoms. The van der Waals surface area contributed by atoms with Crippen LogP contribution in [-0.4, -0.2) is 43.1 Å². The molecule has 1 atom stereocenters. The fourth-order valence-corrected chi connectivity index (χ4v) is 2.69. The lowest BCUT2D eigenvalue weighted by Crippen LogP contribution is -2.44. The lowest BCUT2D eigenvalue weighted by Gasteiger charge is -2.28. The lowest BCUT2D eigenvalue weighted by atomic mass is 10.1. The van der Waals surface area contributed by atoms with E-state index < -0.39 is 0 Å². The van der Waals surface area contributed by atoms with Gasteiger partial charge in [-0.3, -0.25) is 4.79 Å². The first-order chi connectivity index (χ1) is 10.1. The average molecular weight is 290 g/mol. The molecule has 1 N–H and O–H groups in total. The number of hydrogen-bond donors (Lipinski definition) is 1. The maximum atomic E-state index is 12.4. The summed E-state index contributed by atoms with van der Waals surface area (Å²) in [5.41, 5.74) is 2.42. The zero-order valence-corrected chi connectivity index (χ0v) is 13.3. The molecule has 1 aromatic carbocycles. The fraction of sp³-hybridized carbons (Fsp3) is 0.588. The second-order valence-corrected chi connectivity index (χ2v) is 5.77. The number of carbonyl (C=O) groups is 1. The maximum absolute atomic E-state index is 12.4. The number of rotatable bonds is 6. The number of nitrogens with one attached hydrogen (secondary N) is 1. The number of aryl methyl sites for hydroxylation is 2. The summed E-state index contributed by atoms with van der Waals surface area (Å²) in [7, 11) is 0. The number of carbonyl (C=O) groups excluding carboxylic acids is 1. The summed E-state index contributed by atoms with van der Waals surface area (Å²) < 4.78 is 5.68. The fourth-order valence-electron chi connectivity index (χ4n) is 2.69. The Morgan fingerprint density at radius 3 is 2.81 bits per heavy atom. The molecule has 0 aliphatic carbocycles. The second kappa shape index (κ2) is 7.46. The lowest BCUT2D eigenvalue weighted by molar-refractivity contribution is -0.135. The second-order valence-electron chi connectivity index (χ2n) is 5.77. The molecule has 0 aromatic heterocycles. The molecule has 1 aromatic rings. The zero-order valence-electron chi connectivity index (χ0n) is 13.3. The van der Waals surface area contributed by atoms with Gasteiger partial charge in [0.25, 0.3) is 5.91 Å². The van der Waals surface area contributed by atoms with E-state index in [4.69, 9.17) is 4.74 Å². The molecule has 4 nitrogen and oxygen atoms in total. The summed E-state index contributed by atoms with van der Waals surface area (Å²) in [6.07, 6.45) is 2.02. The minimum atomic E-state index is 0.0868. The van der Waals surface area contributed by atoms with Gasteiger partial charge in [0.15, 0.2) is 6.61 Å². The third kappa shape index (κ3) is 4.21. The first-order valence-electron chi connectivity index (χ1n) is 7.82. The van der Waals surface area contributed by atoms with E-state index in [0.717, 1.165) is 38.2 Å². The first-order valence-corrected chi connectivity index (χ1v) is 7.82. The zero-order chi connectivity index (χ0) is 15.2. The summed E-state index contributed by atoms with van der Waals surface area (Å²) in [6, 6.07) is 6.27. The highest BCUT2D eigenvalue weighted by atomic mass is 16.5. The van der Waals surface area contributed by atoms with Gasteiger partial charge >= 0.3 is 0 Å². The van der Waals surface area contributed by atoms with Crippen molar-refractivity contribution in [3.63, 3.8) is 0 Å². The highest BCUT2D eigenvalue weighted by molar-refractivity contribution is 5.78. The average Bonchev–Trinajstić information content (AvgIpc) is 2.99. The summed E-state index contributed by atoms with van der Waals surface area (Å²) in [4.78, 5) is 14.4. The monoisotopic (exact) mass is 290 g/mol. The van der Waals surface area contributed by atoms with Crippen molar-refractivity contribution in [2.24, 2.45) is 0 Å². The Hall–Kier alpha value is -1.55. The minimum Gasteiger partial charge on any atom is -0.484 e. The van der Waals surface area contributed by atoms with Crippen molar-refractivity contribution < 1.29 is 9.53 Å². The van der Waals surface area contributed by atoms with Crippen LogP contribution in [0.15, 0.2) is 18.2 Å². The largest absolute Gasteiger partial charge is 0.484 e. The van der Waals surface area contributed by atoms with Crippen LogP contribution in [-0.2, 0) is 4.79 Å². The van der Waals surface area contributed by atoms with E-state index in [-0.39, 0.29) is 12.5 Å². The molecule has 116 valence electrons. The van der Waals surface area contributed by atoms with Crippen molar-refractivity contribution >= 4 is 5.91 Å². The minimum absolute atomic E-state index is 0.0868. The first kappa shape index (κ1) is 15.8. The predicted molar refractivity (Wildman–Crippen MR) is 84.7 cm³/mol. The molecule has 1 heterocycles. The van der Waals surface area contributed by atoms with Crippen LogP contribution >= 0.6 is 0 Å². The normalized spacial score (nSPS) is 17.8. The van der Waals surface area contributed by atoms with Gasteiger partial charge in [-0.15, -0.1) is 0 Å². The Labute approximate surface area is 127 Å². The number of ether oxygens (including phenoxy) is 1. The molecule has 0 saturated carbocycles. The van der Waals surface area contributed by atoms with Gasteiger partial charge in [-0.1, -0.05) is 13.0 Å². The van der Waals surface area contributed by atoms with Crippen LogP contribution < -0.4 is 10.1 Å². The van der Waals surface area contributed by atoms with E-state index in [2.05, 4.69) is 26.1 Å². The Bertz CT molecular complexity index is 482. The number of nitrogens with zero attached hydrogens (tertiary/aromatic N) is 1. The van der Waals surface area contributed by atoms with Gasteiger partial charge in [0.2, 0.25) is 0 Å². The number of benzene rings is 1. The molecular formula is C17H26N2O2. The van der Waals surface area contributed by atoms with Crippen molar-refractivity contribution in [3.8, 4) is 5.75 Å². The molecule has 1 aliphatic rings. The smallest absolute Gasteiger partial charge is 0.260 e. The summed E-state index contributed by atoms with van der Waals surface area (Å²) in [5, 5.41) is 3.32. The van der Waals surface area contributed by atoms with Gasteiger partial charge in [-0.05, 0) is 56.5 Å².